The molecule has 0 unspecified atom stereocenters. The molecule has 1 heterocycles. The predicted molar refractivity (Wildman–Crippen MR) is 67.5 cm³/mol. The lowest BCUT2D eigenvalue weighted by Gasteiger charge is -2.14. The normalized spacial score (nSPS) is 13.7. The van der Waals surface area contributed by atoms with E-state index >= 15 is 0 Å². The van der Waals surface area contributed by atoms with Gasteiger partial charge in [0.15, 0.2) is 0 Å². The summed E-state index contributed by atoms with van der Waals surface area (Å²) in [4.78, 5) is 15.3. The van der Waals surface area contributed by atoms with Crippen molar-refractivity contribution in [3.8, 4) is 0 Å². The molecule has 102 valence electrons. The zero-order valence-electron chi connectivity index (χ0n) is 11.5. The largest absolute Gasteiger partial charge is 0.480 e. The molecule has 0 spiro atoms. The van der Waals surface area contributed by atoms with Crippen LogP contribution in [0.15, 0.2) is 4.52 Å². The van der Waals surface area contributed by atoms with Crippen LogP contribution >= 0.6 is 0 Å². The van der Waals surface area contributed by atoms with Crippen molar-refractivity contribution in [1.82, 2.24) is 10.1 Å². The number of hydrogen-bond acceptors (Lipinski definition) is 5. The minimum atomic E-state index is -0.911. The average Bonchev–Trinajstić information content (AvgIpc) is 2.63. The number of hydrogen-bond donors (Lipinski definition) is 2. The fraction of sp³-hybridized carbons (Fsp3) is 0.750. The molecule has 0 aromatic carbocycles. The van der Waals surface area contributed by atoms with Gasteiger partial charge in [0.1, 0.15) is 6.04 Å². The highest BCUT2D eigenvalue weighted by Crippen LogP contribution is 2.21. The van der Waals surface area contributed by atoms with Gasteiger partial charge in [-0.3, -0.25) is 0 Å². The Kier molecular flexibility index (Phi) is 4.32. The molecule has 6 nitrogen and oxygen atoms in total. The van der Waals surface area contributed by atoms with E-state index in [1.165, 1.54) is 0 Å². The number of carboxylic acids is 1. The van der Waals surface area contributed by atoms with E-state index in [9.17, 15) is 4.79 Å². The highest BCUT2D eigenvalue weighted by atomic mass is 16.5. The van der Waals surface area contributed by atoms with Crippen LogP contribution in [0.1, 0.15) is 46.9 Å². The molecule has 1 atom stereocenters. The quantitative estimate of drug-likeness (QED) is 0.839. The van der Waals surface area contributed by atoms with E-state index in [1.54, 1.807) is 0 Å². The van der Waals surface area contributed by atoms with Crippen molar-refractivity contribution in [2.24, 2.45) is 5.92 Å². The Morgan fingerprint density at radius 1 is 1.44 bits per heavy atom. The molecule has 0 aliphatic rings. The number of rotatable bonds is 5. The summed E-state index contributed by atoms with van der Waals surface area (Å²) in [7, 11) is 0. The fourth-order valence-electron chi connectivity index (χ4n) is 1.44. The monoisotopic (exact) mass is 255 g/mol. The van der Waals surface area contributed by atoms with Crippen LogP contribution in [0.2, 0.25) is 0 Å². The maximum absolute atomic E-state index is 11.1. The molecule has 0 fully saturated rings. The van der Waals surface area contributed by atoms with Crippen LogP contribution in [-0.4, -0.2) is 27.3 Å². The summed E-state index contributed by atoms with van der Waals surface area (Å²) in [5, 5.41) is 15.6. The molecule has 0 radical (unpaired) electrons. The lowest BCUT2D eigenvalue weighted by atomic mass is 9.97. The van der Waals surface area contributed by atoms with Gasteiger partial charge in [-0.2, -0.15) is 4.98 Å². The third-order valence-electron chi connectivity index (χ3n) is 2.38. The van der Waals surface area contributed by atoms with E-state index < -0.39 is 12.0 Å². The van der Waals surface area contributed by atoms with Crippen molar-refractivity contribution in [1.29, 1.82) is 0 Å². The molecule has 1 aromatic rings. The van der Waals surface area contributed by atoms with Gasteiger partial charge in [0.25, 0.3) is 5.95 Å². The molecule has 0 bridgehead atoms. The third-order valence-corrected chi connectivity index (χ3v) is 2.38. The van der Waals surface area contributed by atoms with Gasteiger partial charge in [-0.05, 0) is 17.5 Å². The lowest BCUT2D eigenvalue weighted by molar-refractivity contribution is -0.138. The molecule has 0 saturated carbocycles. The highest BCUT2D eigenvalue weighted by Gasteiger charge is 2.24. The smallest absolute Gasteiger partial charge is 0.326 e. The van der Waals surface area contributed by atoms with Crippen molar-refractivity contribution < 1.29 is 14.4 Å². The first kappa shape index (κ1) is 14.5. The highest BCUT2D eigenvalue weighted by molar-refractivity contribution is 5.76. The fourth-order valence-corrected chi connectivity index (χ4v) is 1.44. The molecule has 0 saturated heterocycles. The number of aliphatic carboxylic acids is 1. The first-order chi connectivity index (χ1) is 8.20. The minimum absolute atomic E-state index is 0.230. The second-order valence-electron chi connectivity index (χ2n) is 5.84. The number of anilines is 1. The standard InChI is InChI=1S/C12H21N3O3/c1-7(2)6-8(9(16)17)13-11-14-10(18-15-11)12(3,4)5/h7-8H,6H2,1-5H3,(H,13,15)(H,16,17)/t8-/m0/s1. The number of aromatic nitrogens is 2. The average molecular weight is 255 g/mol. The van der Waals surface area contributed by atoms with E-state index in [1.807, 2.05) is 34.6 Å². The zero-order chi connectivity index (χ0) is 13.9. The Labute approximate surface area is 107 Å². The Morgan fingerprint density at radius 3 is 2.44 bits per heavy atom. The Balaban J connectivity index is 2.76. The van der Waals surface area contributed by atoms with Gasteiger partial charge < -0.3 is 14.9 Å². The molecule has 18 heavy (non-hydrogen) atoms. The SMILES string of the molecule is CC(C)C[C@H](Nc1noc(C(C)(C)C)n1)C(=O)O. The van der Waals surface area contributed by atoms with E-state index in [0.717, 1.165) is 0 Å². The van der Waals surface area contributed by atoms with Gasteiger partial charge in [0.05, 0.1) is 0 Å². The molecule has 0 aliphatic carbocycles. The molecule has 1 aromatic heterocycles. The minimum Gasteiger partial charge on any atom is -0.480 e. The van der Waals surface area contributed by atoms with Crippen molar-refractivity contribution in [3.63, 3.8) is 0 Å². The summed E-state index contributed by atoms with van der Waals surface area (Å²) in [6, 6.07) is -0.699. The van der Waals surface area contributed by atoms with Gasteiger partial charge in [0.2, 0.25) is 5.89 Å². The Hall–Kier alpha value is -1.59. The zero-order valence-corrected chi connectivity index (χ0v) is 11.5. The summed E-state index contributed by atoms with van der Waals surface area (Å²) < 4.78 is 5.10. The van der Waals surface area contributed by atoms with Gasteiger partial charge in [-0.25, -0.2) is 4.79 Å². The van der Waals surface area contributed by atoms with Crippen LogP contribution in [0, 0.1) is 5.92 Å². The summed E-state index contributed by atoms with van der Waals surface area (Å²) in [5.41, 5.74) is -0.246. The van der Waals surface area contributed by atoms with E-state index in [4.69, 9.17) is 9.63 Å². The first-order valence-corrected chi connectivity index (χ1v) is 6.03. The summed E-state index contributed by atoms with van der Waals surface area (Å²) in [5.74, 6) is 0.0741. The lowest BCUT2D eigenvalue weighted by Crippen LogP contribution is -2.31. The summed E-state index contributed by atoms with van der Waals surface area (Å²) >= 11 is 0. The molecular weight excluding hydrogens is 234 g/mol. The first-order valence-electron chi connectivity index (χ1n) is 6.03. The number of nitrogens with one attached hydrogen (secondary N) is 1. The number of carboxylic acid groups (broad SMARTS) is 1. The van der Waals surface area contributed by atoms with Crippen LogP contribution in [-0.2, 0) is 10.2 Å². The second kappa shape index (κ2) is 5.37. The van der Waals surface area contributed by atoms with Gasteiger partial charge in [-0.1, -0.05) is 34.6 Å². The number of carbonyl (C=O) groups is 1. The van der Waals surface area contributed by atoms with Crippen LogP contribution in [0.4, 0.5) is 5.95 Å². The third kappa shape index (κ3) is 4.01. The second-order valence-corrected chi connectivity index (χ2v) is 5.84. The van der Waals surface area contributed by atoms with Crippen LogP contribution in [0.5, 0.6) is 0 Å². The predicted octanol–water partition coefficient (Wildman–Crippen LogP) is 2.28. The maximum Gasteiger partial charge on any atom is 0.326 e. The maximum atomic E-state index is 11.1. The van der Waals surface area contributed by atoms with Crippen molar-refractivity contribution in [2.75, 3.05) is 5.32 Å². The summed E-state index contributed by atoms with van der Waals surface area (Å²) in [6.07, 6.45) is 0.509. The molecule has 6 heteroatoms. The van der Waals surface area contributed by atoms with Crippen LogP contribution in [0.25, 0.3) is 0 Å². The molecule has 0 amide bonds. The van der Waals surface area contributed by atoms with Gasteiger partial charge in [0, 0.05) is 5.41 Å². The molecule has 2 N–H and O–H groups in total. The van der Waals surface area contributed by atoms with E-state index in [-0.39, 0.29) is 17.3 Å². The van der Waals surface area contributed by atoms with E-state index in [0.29, 0.717) is 12.3 Å². The number of nitrogens with zero attached hydrogens (tertiary/aromatic N) is 2. The molecule has 0 aliphatic heterocycles. The Bertz CT molecular complexity index is 407. The van der Waals surface area contributed by atoms with E-state index in [2.05, 4.69) is 15.5 Å². The van der Waals surface area contributed by atoms with Crippen molar-refractivity contribution in [3.05, 3.63) is 5.89 Å². The molecular formula is C12H21N3O3. The Morgan fingerprint density at radius 2 is 2.06 bits per heavy atom. The van der Waals surface area contributed by atoms with Gasteiger partial charge in [-0.15, -0.1) is 0 Å². The topological polar surface area (TPSA) is 88.3 Å². The van der Waals surface area contributed by atoms with Crippen molar-refractivity contribution >= 4 is 11.9 Å². The van der Waals surface area contributed by atoms with Crippen LogP contribution < -0.4 is 5.32 Å². The molecule has 1 rings (SSSR count). The van der Waals surface area contributed by atoms with Crippen molar-refractivity contribution in [2.45, 2.75) is 52.5 Å². The van der Waals surface area contributed by atoms with Crippen LogP contribution in [0.3, 0.4) is 0 Å². The summed E-state index contributed by atoms with van der Waals surface area (Å²) in [6.45, 7) is 9.79. The van der Waals surface area contributed by atoms with Gasteiger partial charge >= 0.3 is 5.97 Å².